The van der Waals surface area contributed by atoms with Crippen molar-refractivity contribution >= 4 is 48.7 Å². The maximum Gasteiger partial charge on any atom is 0.295 e. The van der Waals surface area contributed by atoms with E-state index in [4.69, 9.17) is 5.73 Å². The lowest BCUT2D eigenvalue weighted by molar-refractivity contribution is 0.468. The average molecular weight is 409 g/mol. The fourth-order valence-corrected chi connectivity index (χ4v) is 3.86. The van der Waals surface area contributed by atoms with Crippen LogP contribution in [0.3, 0.4) is 0 Å². The topological polar surface area (TPSA) is 146 Å². The Hall–Kier alpha value is -3.69. The van der Waals surface area contributed by atoms with E-state index in [2.05, 4.69) is 10.2 Å². The van der Waals surface area contributed by atoms with Crippen LogP contribution in [-0.2, 0) is 10.1 Å². The number of azo groups is 1. The van der Waals surface area contributed by atoms with Crippen molar-refractivity contribution in [1.29, 1.82) is 0 Å². The lowest BCUT2D eigenvalue weighted by atomic mass is 10.1. The second-order valence-corrected chi connectivity index (χ2v) is 7.77. The number of phenolic OH excluding ortho intramolecular Hbond substituents is 2. The van der Waals surface area contributed by atoms with Gasteiger partial charge in [-0.05, 0) is 29.7 Å². The van der Waals surface area contributed by atoms with Crippen LogP contribution < -0.4 is 5.73 Å². The molecule has 146 valence electrons. The van der Waals surface area contributed by atoms with Crippen molar-refractivity contribution in [2.45, 2.75) is 4.90 Å². The molecule has 0 aliphatic carbocycles. The Labute approximate surface area is 165 Å². The standard InChI is InChI=1S/C20H15N3O5S/c21-12-6-7-14-15(9-12)18(29(26,27)28)10-17(25)20(14)23-22-19-13-4-2-1-3-11(13)5-8-16(19)24/h1-10,24-25H,21H2,(H,26,27,28). The summed E-state index contributed by atoms with van der Waals surface area (Å²) in [5.74, 6) is -0.603. The molecule has 5 N–H and O–H groups in total. The summed E-state index contributed by atoms with van der Waals surface area (Å²) in [6, 6.07) is 15.7. The van der Waals surface area contributed by atoms with Crippen LogP contribution >= 0.6 is 0 Å². The fourth-order valence-electron chi connectivity index (χ4n) is 3.15. The molecule has 0 saturated carbocycles. The van der Waals surface area contributed by atoms with E-state index >= 15 is 0 Å². The number of anilines is 1. The van der Waals surface area contributed by atoms with Crippen molar-refractivity contribution in [2.75, 3.05) is 5.73 Å². The molecule has 0 heterocycles. The number of benzene rings is 4. The number of nitrogens with two attached hydrogens (primary N) is 1. The molecule has 0 bridgehead atoms. The van der Waals surface area contributed by atoms with Gasteiger partial charge in [-0.3, -0.25) is 4.55 Å². The van der Waals surface area contributed by atoms with Crippen molar-refractivity contribution < 1.29 is 23.2 Å². The summed E-state index contributed by atoms with van der Waals surface area (Å²) in [6.07, 6.45) is 0. The third-order valence-corrected chi connectivity index (χ3v) is 5.38. The Bertz CT molecular complexity index is 1420. The highest BCUT2D eigenvalue weighted by molar-refractivity contribution is 7.86. The monoisotopic (exact) mass is 409 g/mol. The van der Waals surface area contributed by atoms with Crippen molar-refractivity contribution in [3.8, 4) is 11.5 Å². The highest BCUT2D eigenvalue weighted by Gasteiger charge is 2.20. The molecule has 8 nitrogen and oxygen atoms in total. The van der Waals surface area contributed by atoms with E-state index in [0.29, 0.717) is 5.39 Å². The van der Waals surface area contributed by atoms with E-state index in [1.54, 1.807) is 18.2 Å². The molecule has 0 spiro atoms. The van der Waals surface area contributed by atoms with Gasteiger partial charge >= 0.3 is 0 Å². The second kappa shape index (κ2) is 6.73. The van der Waals surface area contributed by atoms with Gasteiger partial charge in [0.25, 0.3) is 10.1 Å². The number of hydrogen-bond acceptors (Lipinski definition) is 7. The highest BCUT2D eigenvalue weighted by atomic mass is 32.2. The van der Waals surface area contributed by atoms with Gasteiger partial charge in [0, 0.05) is 27.9 Å². The van der Waals surface area contributed by atoms with Gasteiger partial charge in [0.05, 0.1) is 0 Å². The summed E-state index contributed by atoms with van der Waals surface area (Å²) in [5.41, 5.74) is 6.18. The van der Waals surface area contributed by atoms with Crippen LogP contribution in [0.25, 0.3) is 21.5 Å². The predicted octanol–water partition coefficient (Wildman–Crippen LogP) is 4.65. The Morgan fingerprint density at radius 2 is 1.45 bits per heavy atom. The fraction of sp³-hybridized carbons (Fsp3) is 0. The smallest absolute Gasteiger partial charge is 0.295 e. The molecule has 0 fully saturated rings. The van der Waals surface area contributed by atoms with E-state index in [0.717, 1.165) is 11.5 Å². The molecule has 0 aliphatic heterocycles. The van der Waals surface area contributed by atoms with Crippen LogP contribution in [0.5, 0.6) is 11.5 Å². The molecule has 0 amide bonds. The van der Waals surface area contributed by atoms with Crippen LogP contribution in [0, 0.1) is 0 Å². The van der Waals surface area contributed by atoms with Crippen molar-refractivity contribution in [1.82, 2.24) is 0 Å². The molecular weight excluding hydrogens is 394 g/mol. The van der Waals surface area contributed by atoms with E-state index in [-0.39, 0.29) is 33.6 Å². The first-order valence-corrected chi connectivity index (χ1v) is 9.85. The SMILES string of the molecule is Nc1ccc2c(N=Nc3c(O)ccc4ccccc34)c(O)cc(S(=O)(=O)O)c2c1. The number of phenols is 2. The summed E-state index contributed by atoms with van der Waals surface area (Å²) >= 11 is 0. The van der Waals surface area contributed by atoms with Gasteiger partial charge in [0.1, 0.15) is 27.8 Å². The van der Waals surface area contributed by atoms with Crippen molar-refractivity contribution in [2.24, 2.45) is 10.2 Å². The maximum absolute atomic E-state index is 11.7. The minimum absolute atomic E-state index is 0.0280. The lowest BCUT2D eigenvalue weighted by Crippen LogP contribution is -2.00. The molecule has 0 radical (unpaired) electrons. The lowest BCUT2D eigenvalue weighted by Gasteiger charge is -2.10. The van der Waals surface area contributed by atoms with Gasteiger partial charge < -0.3 is 15.9 Å². The summed E-state index contributed by atoms with van der Waals surface area (Å²) in [6.45, 7) is 0. The number of aromatic hydroxyl groups is 2. The minimum Gasteiger partial charge on any atom is -0.506 e. The van der Waals surface area contributed by atoms with E-state index in [9.17, 15) is 23.2 Å². The molecule has 4 aromatic carbocycles. The van der Waals surface area contributed by atoms with Gasteiger partial charge in [-0.15, -0.1) is 10.2 Å². The number of nitrogens with zero attached hydrogens (tertiary/aromatic N) is 2. The zero-order chi connectivity index (χ0) is 20.8. The first-order chi connectivity index (χ1) is 13.8. The molecule has 0 aromatic heterocycles. The third-order valence-electron chi connectivity index (χ3n) is 4.48. The first kappa shape index (κ1) is 18.7. The van der Waals surface area contributed by atoms with E-state index in [1.165, 1.54) is 24.3 Å². The summed E-state index contributed by atoms with van der Waals surface area (Å²) < 4.78 is 32.9. The van der Waals surface area contributed by atoms with E-state index < -0.39 is 20.8 Å². The molecule has 4 rings (SSSR count). The second-order valence-electron chi connectivity index (χ2n) is 6.38. The molecule has 0 saturated heterocycles. The molecule has 4 aromatic rings. The largest absolute Gasteiger partial charge is 0.506 e. The van der Waals surface area contributed by atoms with Gasteiger partial charge in [-0.25, -0.2) is 0 Å². The first-order valence-electron chi connectivity index (χ1n) is 8.41. The van der Waals surface area contributed by atoms with Crippen LogP contribution in [0.15, 0.2) is 75.8 Å². The average Bonchev–Trinajstić information content (AvgIpc) is 2.67. The third kappa shape index (κ3) is 3.33. The minimum atomic E-state index is -4.62. The molecular formula is C20H15N3O5S. The Balaban J connectivity index is 1.97. The number of nitrogen functional groups attached to an aromatic ring is 1. The van der Waals surface area contributed by atoms with Gasteiger partial charge in [0.15, 0.2) is 0 Å². The molecule has 0 unspecified atom stereocenters. The van der Waals surface area contributed by atoms with Crippen LogP contribution in [0.1, 0.15) is 0 Å². The summed E-state index contributed by atoms with van der Waals surface area (Å²) in [5, 5.41) is 30.5. The van der Waals surface area contributed by atoms with Crippen molar-refractivity contribution in [3.63, 3.8) is 0 Å². The quantitative estimate of drug-likeness (QED) is 0.220. The van der Waals surface area contributed by atoms with Crippen molar-refractivity contribution in [3.05, 3.63) is 60.7 Å². The zero-order valence-corrected chi connectivity index (χ0v) is 15.6. The normalized spacial score (nSPS) is 12.2. The molecule has 0 atom stereocenters. The van der Waals surface area contributed by atoms with Crippen LogP contribution in [0.2, 0.25) is 0 Å². The van der Waals surface area contributed by atoms with Gasteiger partial charge in [-0.2, -0.15) is 8.42 Å². The Kier molecular flexibility index (Phi) is 4.33. The van der Waals surface area contributed by atoms with Gasteiger partial charge in [-0.1, -0.05) is 30.3 Å². The van der Waals surface area contributed by atoms with Crippen LogP contribution in [0.4, 0.5) is 17.1 Å². The van der Waals surface area contributed by atoms with Gasteiger partial charge in [0.2, 0.25) is 0 Å². The number of rotatable bonds is 3. The zero-order valence-electron chi connectivity index (χ0n) is 14.8. The molecule has 29 heavy (non-hydrogen) atoms. The number of hydrogen-bond donors (Lipinski definition) is 4. The highest BCUT2D eigenvalue weighted by Crippen LogP contribution is 2.42. The maximum atomic E-state index is 11.7. The predicted molar refractivity (Wildman–Crippen MR) is 110 cm³/mol. The van der Waals surface area contributed by atoms with E-state index in [1.807, 2.05) is 12.1 Å². The molecule has 0 aliphatic rings. The summed E-state index contributed by atoms with van der Waals surface area (Å²) in [7, 11) is -4.62. The van der Waals surface area contributed by atoms with Crippen LogP contribution in [-0.4, -0.2) is 23.2 Å². The summed E-state index contributed by atoms with van der Waals surface area (Å²) in [4.78, 5) is -0.496. The Morgan fingerprint density at radius 3 is 2.17 bits per heavy atom. The Morgan fingerprint density at radius 1 is 0.759 bits per heavy atom. The number of fused-ring (bicyclic) bond motifs is 2. The molecule has 9 heteroatoms.